The molecule has 1 aromatic carbocycles. The van der Waals surface area contributed by atoms with Crippen molar-refractivity contribution in [3.05, 3.63) is 29.8 Å². The van der Waals surface area contributed by atoms with Crippen molar-refractivity contribution in [2.24, 2.45) is 0 Å². The lowest BCUT2D eigenvalue weighted by molar-refractivity contribution is 0.0568. The molecule has 2 unspecified atom stereocenters. The Morgan fingerprint density at radius 1 is 1.26 bits per heavy atom. The molecular weight excluding hydrogens is 238 g/mol. The molecule has 3 rings (SSSR count). The van der Waals surface area contributed by atoms with Gasteiger partial charge < -0.3 is 4.74 Å². The molecule has 3 nitrogen and oxygen atoms in total. The number of carbonyl (C=O) groups is 1. The van der Waals surface area contributed by atoms with Gasteiger partial charge in [0.1, 0.15) is 5.60 Å². The minimum atomic E-state index is -0.442. The number of nitrogens with zero attached hydrogens (tertiary/aromatic N) is 1. The Kier molecular flexibility index (Phi) is 2.80. The molecular formula is C16H21NO2. The molecule has 1 aliphatic carbocycles. The van der Waals surface area contributed by atoms with E-state index in [1.54, 1.807) is 0 Å². The van der Waals surface area contributed by atoms with Gasteiger partial charge in [0.15, 0.2) is 0 Å². The molecule has 0 bridgehead atoms. The molecule has 0 radical (unpaired) electrons. The van der Waals surface area contributed by atoms with E-state index in [1.807, 2.05) is 37.8 Å². The van der Waals surface area contributed by atoms with Crippen LogP contribution in [0.5, 0.6) is 0 Å². The summed E-state index contributed by atoms with van der Waals surface area (Å²) in [5, 5.41) is 0. The molecule has 1 aromatic rings. The summed E-state index contributed by atoms with van der Waals surface area (Å²) in [4.78, 5) is 14.4. The van der Waals surface area contributed by atoms with Gasteiger partial charge in [0.2, 0.25) is 0 Å². The lowest BCUT2D eigenvalue weighted by Crippen LogP contribution is -2.41. The highest BCUT2D eigenvalue weighted by molar-refractivity contribution is 5.92. The van der Waals surface area contributed by atoms with E-state index in [0.717, 1.165) is 12.1 Å². The first-order valence-corrected chi connectivity index (χ1v) is 7.08. The number of hydrogen-bond acceptors (Lipinski definition) is 2. The average Bonchev–Trinajstić information content (AvgIpc) is 2.85. The standard InChI is InChI=1S/C16H21NO2/c1-16(2,3)19-15(18)17-13-9-5-4-7-11(13)12-8-6-10-14(12)17/h4-5,7,9,12,14H,6,8,10H2,1-3H3. The second-order valence-corrected chi connectivity index (χ2v) is 6.51. The van der Waals surface area contributed by atoms with E-state index in [4.69, 9.17) is 4.74 Å². The second-order valence-electron chi connectivity index (χ2n) is 6.51. The normalized spacial score (nSPS) is 25.1. The summed E-state index contributed by atoms with van der Waals surface area (Å²) in [6, 6.07) is 8.55. The number of rotatable bonds is 0. The monoisotopic (exact) mass is 259 g/mol. The van der Waals surface area contributed by atoms with E-state index < -0.39 is 5.60 Å². The molecule has 0 spiro atoms. The number of ether oxygens (including phenoxy) is 1. The molecule has 102 valence electrons. The van der Waals surface area contributed by atoms with Gasteiger partial charge in [-0.3, -0.25) is 4.90 Å². The van der Waals surface area contributed by atoms with Crippen LogP contribution in [0.15, 0.2) is 24.3 Å². The van der Waals surface area contributed by atoms with E-state index in [2.05, 4.69) is 12.1 Å². The van der Waals surface area contributed by atoms with Gasteiger partial charge in [0.25, 0.3) is 0 Å². The number of carbonyl (C=O) groups excluding carboxylic acids is 1. The van der Waals surface area contributed by atoms with Gasteiger partial charge in [-0.05, 0) is 45.2 Å². The zero-order valence-electron chi connectivity index (χ0n) is 11.8. The molecule has 1 saturated carbocycles. The molecule has 0 N–H and O–H groups in total. The van der Waals surface area contributed by atoms with Crippen LogP contribution in [0.2, 0.25) is 0 Å². The third-order valence-electron chi connectivity index (χ3n) is 4.00. The van der Waals surface area contributed by atoms with Crippen molar-refractivity contribution in [3.8, 4) is 0 Å². The lowest BCUT2D eigenvalue weighted by Gasteiger charge is -2.28. The van der Waals surface area contributed by atoms with Crippen LogP contribution in [0.3, 0.4) is 0 Å². The van der Waals surface area contributed by atoms with Crippen LogP contribution in [-0.4, -0.2) is 17.7 Å². The first-order chi connectivity index (χ1) is 8.97. The van der Waals surface area contributed by atoms with Crippen molar-refractivity contribution in [3.63, 3.8) is 0 Å². The Bertz CT molecular complexity index is 504. The molecule has 2 aliphatic rings. The SMILES string of the molecule is CC(C)(C)OC(=O)N1c2ccccc2C2CCCC21. The number of para-hydroxylation sites is 1. The summed E-state index contributed by atoms with van der Waals surface area (Å²) in [5.41, 5.74) is 1.92. The quantitative estimate of drug-likeness (QED) is 0.702. The highest BCUT2D eigenvalue weighted by Crippen LogP contribution is 2.49. The summed E-state index contributed by atoms with van der Waals surface area (Å²) in [6.07, 6.45) is 3.26. The summed E-state index contributed by atoms with van der Waals surface area (Å²) in [5.74, 6) is 0.503. The largest absolute Gasteiger partial charge is 0.443 e. The molecule has 3 heteroatoms. The fraction of sp³-hybridized carbons (Fsp3) is 0.562. The van der Waals surface area contributed by atoms with E-state index in [0.29, 0.717) is 12.0 Å². The summed E-state index contributed by atoms with van der Waals surface area (Å²) >= 11 is 0. The highest BCUT2D eigenvalue weighted by atomic mass is 16.6. The Balaban J connectivity index is 1.94. The molecule has 1 aliphatic heterocycles. The second kappa shape index (κ2) is 4.26. The third-order valence-corrected chi connectivity index (χ3v) is 4.00. The maximum Gasteiger partial charge on any atom is 0.415 e. The fourth-order valence-corrected chi connectivity index (χ4v) is 3.36. The zero-order valence-corrected chi connectivity index (χ0v) is 11.8. The van der Waals surface area contributed by atoms with Crippen LogP contribution < -0.4 is 4.90 Å². The molecule has 0 saturated heterocycles. The predicted molar refractivity (Wildman–Crippen MR) is 75.5 cm³/mol. The molecule has 1 fully saturated rings. The molecule has 1 amide bonds. The van der Waals surface area contributed by atoms with Gasteiger partial charge in [-0.25, -0.2) is 4.79 Å². The topological polar surface area (TPSA) is 29.5 Å². The van der Waals surface area contributed by atoms with Crippen LogP contribution in [0.4, 0.5) is 10.5 Å². The minimum Gasteiger partial charge on any atom is -0.443 e. The van der Waals surface area contributed by atoms with Crippen molar-refractivity contribution in [1.29, 1.82) is 0 Å². The zero-order chi connectivity index (χ0) is 13.6. The summed E-state index contributed by atoms with van der Waals surface area (Å²) in [6.45, 7) is 5.75. The van der Waals surface area contributed by atoms with Crippen LogP contribution >= 0.6 is 0 Å². The number of fused-ring (bicyclic) bond motifs is 3. The first-order valence-electron chi connectivity index (χ1n) is 7.08. The minimum absolute atomic E-state index is 0.200. The molecule has 19 heavy (non-hydrogen) atoms. The number of hydrogen-bond donors (Lipinski definition) is 0. The number of benzene rings is 1. The van der Waals surface area contributed by atoms with Crippen LogP contribution in [0, 0.1) is 0 Å². The van der Waals surface area contributed by atoms with Crippen LogP contribution in [0.25, 0.3) is 0 Å². The average molecular weight is 259 g/mol. The molecule has 0 aromatic heterocycles. The Hall–Kier alpha value is -1.51. The Morgan fingerprint density at radius 3 is 2.74 bits per heavy atom. The fourth-order valence-electron chi connectivity index (χ4n) is 3.36. The van der Waals surface area contributed by atoms with Gasteiger partial charge in [0.05, 0.1) is 5.69 Å². The van der Waals surface area contributed by atoms with E-state index >= 15 is 0 Å². The van der Waals surface area contributed by atoms with E-state index in [1.165, 1.54) is 18.4 Å². The highest BCUT2D eigenvalue weighted by Gasteiger charge is 2.45. The summed E-state index contributed by atoms with van der Waals surface area (Å²) < 4.78 is 5.57. The van der Waals surface area contributed by atoms with Gasteiger partial charge in [-0.2, -0.15) is 0 Å². The van der Waals surface area contributed by atoms with Crippen molar-refractivity contribution >= 4 is 11.8 Å². The maximum atomic E-state index is 12.5. The third kappa shape index (κ3) is 2.11. The Morgan fingerprint density at radius 2 is 2.00 bits per heavy atom. The van der Waals surface area contributed by atoms with Crippen molar-refractivity contribution < 1.29 is 9.53 Å². The number of anilines is 1. The van der Waals surface area contributed by atoms with Crippen LogP contribution in [0.1, 0.15) is 51.5 Å². The van der Waals surface area contributed by atoms with Gasteiger partial charge in [-0.15, -0.1) is 0 Å². The first kappa shape index (κ1) is 12.5. The van der Waals surface area contributed by atoms with E-state index in [9.17, 15) is 4.79 Å². The van der Waals surface area contributed by atoms with Gasteiger partial charge in [-0.1, -0.05) is 24.6 Å². The predicted octanol–water partition coefficient (Wildman–Crippen LogP) is 4.08. The summed E-state index contributed by atoms with van der Waals surface area (Å²) in [7, 11) is 0. The van der Waals surface area contributed by atoms with Gasteiger partial charge >= 0.3 is 6.09 Å². The van der Waals surface area contributed by atoms with Crippen molar-refractivity contribution in [1.82, 2.24) is 0 Å². The maximum absolute atomic E-state index is 12.5. The van der Waals surface area contributed by atoms with Crippen molar-refractivity contribution in [2.45, 2.75) is 57.6 Å². The lowest BCUT2D eigenvalue weighted by atomic mass is 9.98. The smallest absolute Gasteiger partial charge is 0.415 e. The molecule has 1 heterocycles. The molecule has 2 atom stereocenters. The number of amides is 1. The van der Waals surface area contributed by atoms with Crippen molar-refractivity contribution in [2.75, 3.05) is 4.90 Å². The Labute approximate surface area is 114 Å². The van der Waals surface area contributed by atoms with E-state index in [-0.39, 0.29) is 6.09 Å². The van der Waals surface area contributed by atoms with Gasteiger partial charge in [0, 0.05) is 12.0 Å². The van der Waals surface area contributed by atoms with Crippen LogP contribution in [-0.2, 0) is 4.74 Å².